The smallest absolute Gasteiger partial charge is 0.160 e. The zero-order valence-electron chi connectivity index (χ0n) is 36.2. The Labute approximate surface area is 385 Å². The molecule has 0 amide bonds. The van der Waals surface area contributed by atoms with Crippen LogP contribution in [0.2, 0.25) is 0 Å². The van der Waals surface area contributed by atoms with Gasteiger partial charge in [0, 0.05) is 58.8 Å². The monoisotopic (exact) mass is 865 g/mol. The van der Waals surface area contributed by atoms with E-state index in [1.165, 1.54) is 69.5 Å². The van der Waals surface area contributed by atoms with Crippen molar-refractivity contribution in [3.8, 4) is 16.8 Å². The molecule has 2 aliphatic rings. The van der Waals surface area contributed by atoms with Crippen molar-refractivity contribution in [3.05, 3.63) is 210 Å². The first-order valence-electron chi connectivity index (χ1n) is 23.3. The average Bonchev–Trinajstić information content (AvgIpc) is 4.11. The van der Waals surface area contributed by atoms with Crippen LogP contribution < -0.4 is 0 Å². The highest BCUT2D eigenvalue weighted by molar-refractivity contribution is 7.25. The van der Waals surface area contributed by atoms with Gasteiger partial charge in [-0.25, -0.2) is 4.99 Å². The maximum absolute atomic E-state index is 7.07. The molecule has 5 heteroatoms. The number of amidine groups is 1. The molecule has 4 nitrogen and oxygen atoms in total. The van der Waals surface area contributed by atoms with Crippen molar-refractivity contribution in [3.63, 3.8) is 0 Å². The van der Waals surface area contributed by atoms with E-state index < -0.39 is 0 Å². The Balaban J connectivity index is 1.03. The molecule has 1 aliphatic heterocycles. The molecule has 0 spiro atoms. The molecule has 12 aromatic rings. The second-order valence-corrected chi connectivity index (χ2v) is 19.2. The molecule has 4 heterocycles. The number of thiophene rings is 1. The number of nitrogens with zero attached hydrogens (tertiary/aromatic N) is 3. The number of fused-ring (bicyclic) bond motifs is 13. The van der Waals surface area contributed by atoms with Crippen molar-refractivity contribution < 1.29 is 4.42 Å². The lowest BCUT2D eigenvalue weighted by Gasteiger charge is -2.22. The van der Waals surface area contributed by atoms with Crippen LogP contribution in [-0.4, -0.2) is 22.2 Å². The molecule has 0 fully saturated rings. The molecule has 3 aromatic heterocycles. The molecule has 1 atom stereocenters. The molecular formula is C61H43N3OS. The summed E-state index contributed by atoms with van der Waals surface area (Å²) in [6.07, 6.45) is 4.81. The minimum absolute atomic E-state index is 0.0734. The number of hydrogen-bond donors (Lipinski definition) is 0. The van der Waals surface area contributed by atoms with Gasteiger partial charge in [-0.1, -0.05) is 140 Å². The van der Waals surface area contributed by atoms with Gasteiger partial charge in [0.15, 0.2) is 11.4 Å². The van der Waals surface area contributed by atoms with Gasteiger partial charge in [0.1, 0.15) is 11.3 Å². The number of aromatic nitrogens is 1. The average molecular weight is 866 g/mol. The third kappa shape index (κ3) is 5.82. The van der Waals surface area contributed by atoms with E-state index in [0.717, 1.165) is 87.9 Å². The fourth-order valence-electron chi connectivity index (χ4n) is 11.5. The van der Waals surface area contributed by atoms with Crippen LogP contribution in [-0.2, 0) is 0 Å². The number of benzene rings is 9. The molecule has 1 aliphatic carbocycles. The Hall–Kier alpha value is -7.60. The molecule has 0 radical (unpaired) electrons. The van der Waals surface area contributed by atoms with Gasteiger partial charge in [-0.05, 0) is 114 Å². The molecule has 1 unspecified atom stereocenters. The third-order valence-electron chi connectivity index (χ3n) is 14.5. The minimum Gasteiger partial charge on any atom is -0.454 e. The van der Waals surface area contributed by atoms with Gasteiger partial charge < -0.3 is 8.98 Å². The van der Waals surface area contributed by atoms with Crippen LogP contribution in [0, 0.1) is 0 Å². The number of aliphatic imine (C=N–C) groups is 2. The molecular weight excluding hydrogens is 823 g/mol. The van der Waals surface area contributed by atoms with E-state index >= 15 is 0 Å². The lowest BCUT2D eigenvalue weighted by atomic mass is 9.89. The van der Waals surface area contributed by atoms with E-state index in [0.29, 0.717) is 5.92 Å². The van der Waals surface area contributed by atoms with Crippen LogP contribution in [0.5, 0.6) is 0 Å². The summed E-state index contributed by atoms with van der Waals surface area (Å²) in [6.45, 7) is 0. The highest BCUT2D eigenvalue weighted by atomic mass is 32.1. The Morgan fingerprint density at radius 1 is 0.530 bits per heavy atom. The van der Waals surface area contributed by atoms with Crippen LogP contribution in [0.3, 0.4) is 0 Å². The maximum Gasteiger partial charge on any atom is 0.160 e. The fraction of sp³-hybridized carbons (Fsp3) is 0.115. The van der Waals surface area contributed by atoms with Crippen molar-refractivity contribution in [2.75, 3.05) is 0 Å². The molecule has 314 valence electrons. The molecule has 0 N–H and O–H groups in total. The van der Waals surface area contributed by atoms with Gasteiger partial charge in [0.05, 0.1) is 22.8 Å². The molecule has 66 heavy (non-hydrogen) atoms. The lowest BCUT2D eigenvalue weighted by Crippen LogP contribution is -2.18. The number of rotatable bonds is 6. The summed E-state index contributed by atoms with van der Waals surface area (Å²) < 4.78 is 12.1. The summed E-state index contributed by atoms with van der Waals surface area (Å²) in [6, 6.07) is 68.8. The summed E-state index contributed by atoms with van der Waals surface area (Å²) in [5.74, 6) is 1.10. The summed E-state index contributed by atoms with van der Waals surface area (Å²) >= 11 is 1.86. The van der Waals surface area contributed by atoms with Gasteiger partial charge >= 0.3 is 0 Å². The van der Waals surface area contributed by atoms with Crippen LogP contribution in [0.4, 0.5) is 0 Å². The summed E-state index contributed by atoms with van der Waals surface area (Å²) in [4.78, 5) is 11.8. The van der Waals surface area contributed by atoms with Crippen molar-refractivity contribution in [2.45, 2.75) is 44.1 Å². The maximum atomic E-state index is 7.07. The van der Waals surface area contributed by atoms with Gasteiger partial charge in [-0.15, -0.1) is 11.3 Å². The van der Waals surface area contributed by atoms with Crippen LogP contribution >= 0.6 is 11.3 Å². The van der Waals surface area contributed by atoms with Crippen molar-refractivity contribution >= 4 is 97.6 Å². The standard InChI is InChI=1S/C61H43N3OS/c1-2-16-38-36-54-51(35-37(38)15-1)45-22-7-10-27-53(45)64(54)59-50(34-33-47-46-23-8-11-28-55(46)65-60(47)59)61-62-39(31-32-44-42-20-5-3-18-40(42)41-19-4-6-21-43(41)44)17-13-26-52(63-61)48-25-14-30-57-58(48)49-24-9-12-29-56(49)66-57/h1-12,14-16,18-25,27-30,33-36,39,44H,13,17,26,31-32H2. The zero-order valence-corrected chi connectivity index (χ0v) is 37.1. The summed E-state index contributed by atoms with van der Waals surface area (Å²) in [5.41, 5.74) is 13.8. The third-order valence-corrected chi connectivity index (χ3v) is 15.6. The number of para-hydroxylation sites is 2. The van der Waals surface area contributed by atoms with Crippen LogP contribution in [0.15, 0.2) is 202 Å². The zero-order chi connectivity index (χ0) is 43.3. The first-order valence-corrected chi connectivity index (χ1v) is 24.2. The van der Waals surface area contributed by atoms with Crippen molar-refractivity contribution in [1.29, 1.82) is 0 Å². The molecule has 14 rings (SSSR count). The quantitative estimate of drug-likeness (QED) is 0.164. The van der Waals surface area contributed by atoms with E-state index in [4.69, 9.17) is 14.4 Å². The van der Waals surface area contributed by atoms with Gasteiger partial charge in [0.2, 0.25) is 0 Å². The predicted octanol–water partition coefficient (Wildman–Crippen LogP) is 16.6. The van der Waals surface area contributed by atoms with Crippen molar-refractivity contribution in [1.82, 2.24) is 4.57 Å². The van der Waals surface area contributed by atoms with Gasteiger partial charge in [-0.2, -0.15) is 0 Å². The number of hydrogen-bond acceptors (Lipinski definition) is 4. The van der Waals surface area contributed by atoms with Crippen LogP contribution in [0.1, 0.15) is 60.3 Å². The van der Waals surface area contributed by atoms with Gasteiger partial charge in [-0.3, -0.25) is 4.99 Å². The summed E-state index contributed by atoms with van der Waals surface area (Å²) in [7, 11) is 0. The second-order valence-electron chi connectivity index (χ2n) is 18.1. The van der Waals surface area contributed by atoms with Gasteiger partial charge in [0.25, 0.3) is 0 Å². The fourth-order valence-corrected chi connectivity index (χ4v) is 12.6. The molecule has 0 saturated heterocycles. The van der Waals surface area contributed by atoms with E-state index in [9.17, 15) is 0 Å². The molecule has 0 bridgehead atoms. The normalized spacial score (nSPS) is 15.5. The first kappa shape index (κ1) is 37.7. The Bertz CT molecular complexity index is 3970. The van der Waals surface area contributed by atoms with E-state index in [1.807, 2.05) is 11.3 Å². The van der Waals surface area contributed by atoms with E-state index in [2.05, 4.69) is 193 Å². The predicted molar refractivity (Wildman–Crippen MR) is 279 cm³/mol. The second kappa shape index (κ2) is 15.0. The largest absolute Gasteiger partial charge is 0.454 e. The highest BCUT2D eigenvalue weighted by Crippen LogP contribution is 2.48. The Morgan fingerprint density at radius 2 is 1.21 bits per heavy atom. The lowest BCUT2D eigenvalue weighted by molar-refractivity contribution is 0.517. The summed E-state index contributed by atoms with van der Waals surface area (Å²) in [5, 5.41) is 9.58. The highest BCUT2D eigenvalue weighted by Gasteiger charge is 2.30. The van der Waals surface area contributed by atoms with E-state index in [1.54, 1.807) is 0 Å². The SMILES string of the molecule is c1ccc2c(c1)-c1ccccc1C2CCC1CCCC(c2cccc3sc4ccccc4c23)=NC(c2ccc3c(oc4ccccc43)c2-n2c3ccccc3c3cc4ccccc4cc32)=N1. The van der Waals surface area contributed by atoms with E-state index in [-0.39, 0.29) is 6.04 Å². The topological polar surface area (TPSA) is 42.8 Å². The van der Waals surface area contributed by atoms with Crippen LogP contribution in [0.25, 0.3) is 91.5 Å². The molecule has 0 saturated carbocycles. The minimum atomic E-state index is 0.0734. The Kier molecular flexibility index (Phi) is 8.57. The first-order chi connectivity index (χ1) is 32.7. The van der Waals surface area contributed by atoms with Crippen molar-refractivity contribution in [2.24, 2.45) is 9.98 Å². The molecule has 9 aromatic carbocycles. The Morgan fingerprint density at radius 3 is 2.06 bits per heavy atom. The number of furan rings is 1.